The van der Waals surface area contributed by atoms with E-state index in [1.54, 1.807) is 43.0 Å². The summed E-state index contributed by atoms with van der Waals surface area (Å²) in [7, 11) is 0. The van der Waals surface area contributed by atoms with E-state index in [1.165, 1.54) is 0 Å². The maximum atomic E-state index is 12.5. The Hall–Kier alpha value is -3.95. The van der Waals surface area contributed by atoms with Gasteiger partial charge in [-0.15, -0.1) is 0 Å². The van der Waals surface area contributed by atoms with E-state index in [-0.39, 0.29) is 47.4 Å². The van der Waals surface area contributed by atoms with Crippen LogP contribution in [0, 0.1) is 6.92 Å². The highest BCUT2D eigenvalue weighted by molar-refractivity contribution is 6.07. The van der Waals surface area contributed by atoms with Crippen LogP contribution in [0.15, 0.2) is 28.7 Å². The summed E-state index contributed by atoms with van der Waals surface area (Å²) in [5, 5.41) is 0.263. The lowest BCUT2D eigenvalue weighted by Gasteiger charge is -2.16. The van der Waals surface area contributed by atoms with Gasteiger partial charge in [0.1, 0.15) is 17.1 Å². The first-order valence-electron chi connectivity index (χ1n) is 10.2. The highest BCUT2D eigenvalue weighted by Crippen LogP contribution is 2.29. The molecule has 0 spiro atoms. The number of hydrogen-bond acceptors (Lipinski definition) is 9. The summed E-state index contributed by atoms with van der Waals surface area (Å²) in [6.07, 6.45) is 1.29. The van der Waals surface area contributed by atoms with Gasteiger partial charge in [-0.05, 0) is 38.5 Å². The number of nitrogens with two attached hydrogens (primary N) is 1. The number of amides is 1. The van der Waals surface area contributed by atoms with Crippen molar-refractivity contribution in [3.63, 3.8) is 0 Å². The van der Waals surface area contributed by atoms with Crippen LogP contribution in [0.5, 0.6) is 0 Å². The maximum Gasteiger partial charge on any atom is 0.342 e. The average Bonchev–Trinajstić information content (AvgIpc) is 3.34. The number of esters is 2. The molecule has 1 aromatic carbocycles. The Kier molecular flexibility index (Phi) is 5.76. The molecule has 0 radical (unpaired) electrons. The number of ether oxygens (including phenoxy) is 2. The topological polar surface area (TPSA) is 138 Å². The molecule has 2 N–H and O–H groups in total. The molecule has 0 bridgehead atoms. The number of hydrogen-bond donors (Lipinski definition) is 1. The maximum absolute atomic E-state index is 12.5. The van der Waals surface area contributed by atoms with Crippen molar-refractivity contribution in [2.45, 2.75) is 33.3 Å². The molecule has 1 amide bonds. The largest absolute Gasteiger partial charge is 0.462 e. The number of nitrogens with zero attached hydrogens (tertiary/aromatic N) is 3. The molecule has 1 saturated heterocycles. The highest BCUT2D eigenvalue weighted by Gasteiger charge is 2.25. The van der Waals surface area contributed by atoms with Crippen LogP contribution in [0.3, 0.4) is 0 Å². The fourth-order valence-electron chi connectivity index (χ4n) is 3.63. The summed E-state index contributed by atoms with van der Waals surface area (Å²) in [4.78, 5) is 46.7. The van der Waals surface area contributed by atoms with E-state index in [1.807, 2.05) is 0 Å². The Labute approximate surface area is 183 Å². The number of nitrogen functional groups attached to an aromatic ring is 1. The van der Waals surface area contributed by atoms with Crippen LogP contribution in [0.2, 0.25) is 0 Å². The number of rotatable bonds is 6. The number of furan rings is 1. The molecule has 3 aromatic rings. The zero-order chi connectivity index (χ0) is 22.8. The fraction of sp³-hybridized carbons (Fsp3) is 0.318. The summed E-state index contributed by atoms with van der Waals surface area (Å²) in [6.45, 7) is 3.87. The van der Waals surface area contributed by atoms with Crippen molar-refractivity contribution in [3.8, 4) is 0 Å². The van der Waals surface area contributed by atoms with Crippen molar-refractivity contribution in [3.05, 3.63) is 47.0 Å². The molecule has 1 aliphatic heterocycles. The molecular formula is C22H22N4O6. The van der Waals surface area contributed by atoms with Gasteiger partial charge in [0.15, 0.2) is 12.4 Å². The highest BCUT2D eigenvalue weighted by atomic mass is 16.5. The molecular weight excluding hydrogens is 416 g/mol. The zero-order valence-electron chi connectivity index (χ0n) is 17.7. The van der Waals surface area contributed by atoms with Crippen LogP contribution in [0.1, 0.15) is 52.1 Å². The van der Waals surface area contributed by atoms with Crippen LogP contribution >= 0.6 is 0 Å². The van der Waals surface area contributed by atoms with E-state index in [0.717, 1.165) is 6.42 Å². The summed E-state index contributed by atoms with van der Waals surface area (Å²) < 4.78 is 15.9. The molecule has 0 aliphatic carbocycles. The smallest absolute Gasteiger partial charge is 0.342 e. The number of carbonyl (C=O) groups excluding carboxylic acids is 3. The summed E-state index contributed by atoms with van der Waals surface area (Å²) in [5.74, 6) is -0.683. The third kappa shape index (κ3) is 3.98. The van der Waals surface area contributed by atoms with Gasteiger partial charge >= 0.3 is 11.9 Å². The van der Waals surface area contributed by atoms with Crippen molar-refractivity contribution < 1.29 is 28.3 Å². The second-order valence-corrected chi connectivity index (χ2v) is 7.23. The van der Waals surface area contributed by atoms with Crippen molar-refractivity contribution in [1.82, 2.24) is 9.97 Å². The van der Waals surface area contributed by atoms with Gasteiger partial charge in [-0.1, -0.05) is 6.07 Å². The van der Waals surface area contributed by atoms with E-state index in [0.29, 0.717) is 30.0 Å². The lowest BCUT2D eigenvalue weighted by molar-refractivity contribution is -0.117. The third-order valence-corrected chi connectivity index (χ3v) is 5.08. The molecule has 166 valence electrons. The van der Waals surface area contributed by atoms with E-state index in [9.17, 15) is 14.4 Å². The minimum Gasteiger partial charge on any atom is -0.462 e. The lowest BCUT2D eigenvalue weighted by Crippen LogP contribution is -2.23. The van der Waals surface area contributed by atoms with Gasteiger partial charge in [0.05, 0.1) is 17.6 Å². The normalized spacial score (nSPS) is 13.6. The van der Waals surface area contributed by atoms with Gasteiger partial charge in [-0.2, -0.15) is 4.98 Å². The minimum absolute atomic E-state index is 0.0236. The molecule has 2 aromatic heterocycles. The number of aromatic nitrogens is 2. The molecule has 0 unspecified atom stereocenters. The van der Waals surface area contributed by atoms with Gasteiger partial charge in [0.2, 0.25) is 11.6 Å². The number of aryl methyl sites for hydroxylation is 1. The Morgan fingerprint density at radius 3 is 2.75 bits per heavy atom. The minimum atomic E-state index is -0.594. The average molecular weight is 438 g/mol. The molecule has 1 aliphatic rings. The fourth-order valence-corrected chi connectivity index (χ4v) is 3.63. The molecule has 4 rings (SSSR count). The Morgan fingerprint density at radius 1 is 1.22 bits per heavy atom. The van der Waals surface area contributed by atoms with Crippen LogP contribution in [0.25, 0.3) is 11.1 Å². The second-order valence-electron chi connectivity index (χ2n) is 7.23. The monoisotopic (exact) mass is 438 g/mol. The number of fused-ring (bicyclic) bond motifs is 1. The van der Waals surface area contributed by atoms with E-state index < -0.39 is 11.9 Å². The summed E-state index contributed by atoms with van der Waals surface area (Å²) >= 11 is 0. The van der Waals surface area contributed by atoms with Gasteiger partial charge in [0.25, 0.3) is 0 Å². The lowest BCUT2D eigenvalue weighted by atomic mass is 10.2. The van der Waals surface area contributed by atoms with E-state index in [2.05, 4.69) is 9.97 Å². The molecule has 10 heteroatoms. The first kappa shape index (κ1) is 21.3. The van der Waals surface area contributed by atoms with Crippen molar-refractivity contribution in [2.24, 2.45) is 0 Å². The predicted molar refractivity (Wildman–Crippen MR) is 114 cm³/mol. The molecule has 10 nitrogen and oxygen atoms in total. The van der Waals surface area contributed by atoms with Gasteiger partial charge < -0.3 is 24.5 Å². The van der Waals surface area contributed by atoms with Crippen LogP contribution in [-0.2, 0) is 20.9 Å². The molecule has 1 fully saturated rings. The van der Waals surface area contributed by atoms with Crippen molar-refractivity contribution in [2.75, 3.05) is 23.8 Å². The predicted octanol–water partition coefficient (Wildman–Crippen LogP) is 2.77. The molecule has 0 saturated carbocycles. The summed E-state index contributed by atoms with van der Waals surface area (Å²) in [5.41, 5.74) is 7.27. The molecule has 32 heavy (non-hydrogen) atoms. The van der Waals surface area contributed by atoms with Crippen LogP contribution < -0.4 is 10.6 Å². The van der Waals surface area contributed by atoms with E-state index >= 15 is 0 Å². The summed E-state index contributed by atoms with van der Waals surface area (Å²) in [6, 6.07) is 6.69. The van der Waals surface area contributed by atoms with Crippen LogP contribution in [-0.4, -0.2) is 41.0 Å². The standard InChI is InChI=1S/C22H22N4O6/c1-3-30-22(29)17-12(2)32-20-18(17)19(23)24-15(25-20)11-31-21(28)13-6-4-7-14(10-13)26-9-5-8-16(26)27/h4,6-7,10H,3,5,8-9,11H2,1-2H3,(H2,23,24,25). The Bertz CT molecular complexity index is 1220. The SMILES string of the molecule is CCOC(=O)c1c(C)oc2nc(COC(=O)c3cccc(N4CCCC4=O)c3)nc(N)c12. The Morgan fingerprint density at radius 2 is 2.03 bits per heavy atom. The molecule has 0 atom stereocenters. The zero-order valence-corrected chi connectivity index (χ0v) is 17.7. The molecule has 3 heterocycles. The van der Waals surface area contributed by atoms with Crippen molar-refractivity contribution in [1.29, 1.82) is 0 Å². The third-order valence-electron chi connectivity index (χ3n) is 5.08. The number of anilines is 2. The number of carbonyl (C=O) groups is 3. The van der Waals surface area contributed by atoms with Crippen molar-refractivity contribution >= 4 is 40.5 Å². The van der Waals surface area contributed by atoms with Gasteiger partial charge in [0, 0.05) is 18.7 Å². The number of benzene rings is 1. The van der Waals surface area contributed by atoms with Gasteiger partial charge in [-0.3, -0.25) is 4.79 Å². The second kappa shape index (κ2) is 8.66. The Balaban J connectivity index is 1.51. The first-order valence-corrected chi connectivity index (χ1v) is 10.2. The van der Waals surface area contributed by atoms with E-state index in [4.69, 9.17) is 19.6 Å². The van der Waals surface area contributed by atoms with Crippen LogP contribution in [0.4, 0.5) is 11.5 Å². The van der Waals surface area contributed by atoms with Gasteiger partial charge in [-0.25, -0.2) is 14.6 Å². The first-order chi connectivity index (χ1) is 15.4. The quantitative estimate of drug-likeness (QED) is 0.576.